The molecule has 0 aliphatic rings. The van der Waals surface area contributed by atoms with E-state index in [1.165, 1.54) is 6.07 Å². The van der Waals surface area contributed by atoms with Gasteiger partial charge in [0.15, 0.2) is 5.75 Å². The molecule has 70 valence electrons. The van der Waals surface area contributed by atoms with Crippen molar-refractivity contribution in [1.82, 2.24) is 0 Å². The lowest BCUT2D eigenvalue weighted by atomic mass is 10.1. The predicted molar refractivity (Wildman–Crippen MR) is 51.8 cm³/mol. The van der Waals surface area contributed by atoms with Crippen LogP contribution in [-0.4, -0.2) is 10.0 Å². The van der Waals surface area contributed by atoms with Crippen molar-refractivity contribution < 1.29 is 10.0 Å². The van der Waals surface area contributed by atoms with Crippen molar-refractivity contribution in [3.8, 4) is 5.75 Å². The van der Waals surface area contributed by atoms with Crippen LogP contribution in [0.3, 0.4) is 0 Å². The van der Waals surface area contributed by atoms with Crippen LogP contribution in [0.15, 0.2) is 16.6 Å². The van der Waals surface area contributed by atoms with E-state index >= 15 is 0 Å². The van der Waals surface area contributed by atoms with E-state index in [0.29, 0.717) is 16.5 Å². The number of benzene rings is 1. The van der Waals surface area contributed by atoms with Crippen LogP contribution in [0, 0.1) is 10.1 Å². The number of nitrogens with zero attached hydrogens (tertiary/aromatic N) is 1. The van der Waals surface area contributed by atoms with Crippen LogP contribution in [0.2, 0.25) is 0 Å². The number of halogens is 1. The number of nitro groups is 1. The minimum absolute atomic E-state index is 0.240. The van der Waals surface area contributed by atoms with Gasteiger partial charge >= 0.3 is 5.69 Å². The van der Waals surface area contributed by atoms with Gasteiger partial charge in [-0.05, 0) is 12.5 Å². The van der Waals surface area contributed by atoms with E-state index in [4.69, 9.17) is 0 Å². The number of hydrogen-bond acceptors (Lipinski definition) is 3. The van der Waals surface area contributed by atoms with E-state index < -0.39 is 4.92 Å². The summed E-state index contributed by atoms with van der Waals surface area (Å²) in [5.41, 5.74) is 0.312. The molecule has 0 amide bonds. The molecule has 0 bridgehead atoms. The van der Waals surface area contributed by atoms with Gasteiger partial charge in [-0.15, -0.1) is 0 Å². The number of phenols is 1. The second kappa shape index (κ2) is 3.74. The van der Waals surface area contributed by atoms with Gasteiger partial charge in [-0.2, -0.15) is 0 Å². The Morgan fingerprint density at radius 3 is 2.69 bits per heavy atom. The van der Waals surface area contributed by atoms with Crippen molar-refractivity contribution in [2.45, 2.75) is 13.3 Å². The molecule has 0 spiro atoms. The van der Waals surface area contributed by atoms with Crippen LogP contribution in [0.4, 0.5) is 5.69 Å². The van der Waals surface area contributed by atoms with Gasteiger partial charge in [0.2, 0.25) is 0 Å². The van der Waals surface area contributed by atoms with Gasteiger partial charge in [0, 0.05) is 16.1 Å². The Labute approximate surface area is 83.5 Å². The number of phenolic OH excluding ortho intramolecular Hbond substituents is 1. The van der Waals surface area contributed by atoms with Crippen LogP contribution in [0.25, 0.3) is 0 Å². The van der Waals surface area contributed by atoms with Gasteiger partial charge in [-0.25, -0.2) is 0 Å². The topological polar surface area (TPSA) is 63.4 Å². The zero-order valence-corrected chi connectivity index (χ0v) is 8.54. The van der Waals surface area contributed by atoms with E-state index in [1.807, 2.05) is 6.92 Å². The first-order chi connectivity index (χ1) is 6.06. The molecule has 13 heavy (non-hydrogen) atoms. The second-order valence-corrected chi connectivity index (χ2v) is 3.46. The number of aromatic hydroxyl groups is 1. The lowest BCUT2D eigenvalue weighted by Gasteiger charge is -2.02. The van der Waals surface area contributed by atoms with Gasteiger partial charge in [-0.1, -0.05) is 22.9 Å². The van der Waals surface area contributed by atoms with E-state index in [2.05, 4.69) is 15.9 Å². The molecule has 1 aromatic rings. The van der Waals surface area contributed by atoms with Crippen LogP contribution in [0.1, 0.15) is 12.5 Å². The highest BCUT2D eigenvalue weighted by Crippen LogP contribution is 2.33. The van der Waals surface area contributed by atoms with Crippen molar-refractivity contribution in [3.05, 3.63) is 32.3 Å². The van der Waals surface area contributed by atoms with Gasteiger partial charge in [-0.3, -0.25) is 10.1 Å². The molecule has 0 aliphatic carbocycles. The van der Waals surface area contributed by atoms with Crippen molar-refractivity contribution in [3.63, 3.8) is 0 Å². The average molecular weight is 246 g/mol. The van der Waals surface area contributed by atoms with Crippen molar-refractivity contribution >= 4 is 21.6 Å². The maximum Gasteiger partial charge on any atom is 0.312 e. The highest BCUT2D eigenvalue weighted by Gasteiger charge is 2.16. The zero-order valence-electron chi connectivity index (χ0n) is 6.95. The minimum Gasteiger partial charge on any atom is -0.502 e. The summed E-state index contributed by atoms with van der Waals surface area (Å²) in [6.45, 7) is 1.82. The Hall–Kier alpha value is -1.10. The second-order valence-electron chi connectivity index (χ2n) is 2.54. The standard InChI is InChI=1S/C8H8BrNO3/c1-2-5-3-6(9)4-7(8(5)11)10(12)13/h3-4,11H,2H2,1H3. The molecule has 0 radical (unpaired) electrons. The Kier molecular flexibility index (Phi) is 2.87. The zero-order chi connectivity index (χ0) is 10.0. The number of nitro benzene ring substituents is 1. The van der Waals surface area contributed by atoms with E-state index in [0.717, 1.165) is 0 Å². The summed E-state index contributed by atoms with van der Waals surface area (Å²) in [6, 6.07) is 2.96. The predicted octanol–water partition coefficient (Wildman–Crippen LogP) is 2.63. The highest BCUT2D eigenvalue weighted by atomic mass is 79.9. The molecule has 1 rings (SSSR count). The number of hydrogen-bond donors (Lipinski definition) is 1. The van der Waals surface area contributed by atoms with Gasteiger partial charge in [0.1, 0.15) is 0 Å². The van der Waals surface area contributed by atoms with E-state index in [9.17, 15) is 15.2 Å². The van der Waals surface area contributed by atoms with E-state index in [-0.39, 0.29) is 11.4 Å². The summed E-state index contributed by atoms with van der Waals surface area (Å²) < 4.78 is 0.605. The quantitative estimate of drug-likeness (QED) is 0.644. The average Bonchev–Trinajstić information content (AvgIpc) is 2.08. The molecule has 0 atom stereocenters. The normalized spacial score (nSPS) is 10.0. The van der Waals surface area contributed by atoms with Crippen LogP contribution >= 0.6 is 15.9 Å². The molecule has 0 saturated carbocycles. The molecular weight excluding hydrogens is 238 g/mol. The first-order valence-corrected chi connectivity index (χ1v) is 4.51. The third-order valence-electron chi connectivity index (χ3n) is 1.71. The Morgan fingerprint density at radius 2 is 2.23 bits per heavy atom. The number of rotatable bonds is 2. The van der Waals surface area contributed by atoms with Crippen LogP contribution in [-0.2, 0) is 6.42 Å². The summed E-state index contributed by atoms with van der Waals surface area (Å²) in [5.74, 6) is -0.240. The summed E-state index contributed by atoms with van der Waals surface area (Å²) in [5, 5.41) is 19.9. The maximum atomic E-state index is 10.5. The fraction of sp³-hybridized carbons (Fsp3) is 0.250. The summed E-state index contributed by atoms with van der Waals surface area (Å²) in [4.78, 5) is 9.87. The smallest absolute Gasteiger partial charge is 0.312 e. The lowest BCUT2D eigenvalue weighted by Crippen LogP contribution is -1.92. The lowest BCUT2D eigenvalue weighted by molar-refractivity contribution is -0.386. The fourth-order valence-corrected chi connectivity index (χ4v) is 1.54. The molecule has 0 heterocycles. The summed E-state index contributed by atoms with van der Waals surface area (Å²) in [7, 11) is 0. The summed E-state index contributed by atoms with van der Waals surface area (Å²) >= 11 is 3.14. The molecule has 1 aromatic carbocycles. The SMILES string of the molecule is CCc1cc(Br)cc([N+](=O)[O-])c1O. The van der Waals surface area contributed by atoms with Crippen molar-refractivity contribution in [2.75, 3.05) is 0 Å². The highest BCUT2D eigenvalue weighted by molar-refractivity contribution is 9.10. The Bertz CT molecular complexity index is 351. The monoisotopic (exact) mass is 245 g/mol. The largest absolute Gasteiger partial charge is 0.502 e. The first kappa shape index (κ1) is 9.98. The van der Waals surface area contributed by atoms with Crippen molar-refractivity contribution in [1.29, 1.82) is 0 Å². The summed E-state index contributed by atoms with van der Waals surface area (Å²) in [6.07, 6.45) is 0.562. The first-order valence-electron chi connectivity index (χ1n) is 3.72. The molecule has 1 N–H and O–H groups in total. The van der Waals surface area contributed by atoms with Gasteiger partial charge < -0.3 is 5.11 Å². The Balaban J connectivity index is 3.35. The van der Waals surface area contributed by atoms with E-state index in [1.54, 1.807) is 6.07 Å². The molecule has 0 fully saturated rings. The third-order valence-corrected chi connectivity index (χ3v) is 2.17. The fourth-order valence-electron chi connectivity index (χ4n) is 1.05. The molecule has 4 nitrogen and oxygen atoms in total. The third kappa shape index (κ3) is 1.98. The van der Waals surface area contributed by atoms with Crippen LogP contribution < -0.4 is 0 Å². The van der Waals surface area contributed by atoms with Gasteiger partial charge in [0.05, 0.1) is 4.92 Å². The molecule has 0 aliphatic heterocycles. The molecule has 0 unspecified atom stereocenters. The van der Waals surface area contributed by atoms with Gasteiger partial charge in [0.25, 0.3) is 0 Å². The molecular formula is C8H8BrNO3. The number of aryl methyl sites for hydroxylation is 1. The molecule has 5 heteroatoms. The Morgan fingerprint density at radius 1 is 1.62 bits per heavy atom. The minimum atomic E-state index is -0.598. The maximum absolute atomic E-state index is 10.5. The molecule has 0 aromatic heterocycles. The molecule has 0 saturated heterocycles. The van der Waals surface area contributed by atoms with Crippen LogP contribution in [0.5, 0.6) is 5.75 Å². The van der Waals surface area contributed by atoms with Crippen molar-refractivity contribution in [2.24, 2.45) is 0 Å².